The summed E-state index contributed by atoms with van der Waals surface area (Å²) in [6.45, 7) is 4.02. The van der Waals surface area contributed by atoms with Crippen molar-refractivity contribution in [1.82, 2.24) is 9.97 Å². The number of aryl methyl sites for hydroxylation is 1. The SMILES string of the molecule is CC(C)(CCc1ccccc1)Nc1nc(N)ncc1F. The summed E-state index contributed by atoms with van der Waals surface area (Å²) in [5.74, 6) is -0.282. The van der Waals surface area contributed by atoms with E-state index in [1.54, 1.807) is 0 Å². The Bertz CT molecular complexity index is 569. The normalized spacial score (nSPS) is 11.3. The van der Waals surface area contributed by atoms with Gasteiger partial charge in [0.1, 0.15) is 0 Å². The maximum absolute atomic E-state index is 13.6. The van der Waals surface area contributed by atoms with Gasteiger partial charge in [0.05, 0.1) is 6.20 Å². The Morgan fingerprint density at radius 2 is 1.95 bits per heavy atom. The summed E-state index contributed by atoms with van der Waals surface area (Å²) >= 11 is 0. The molecule has 3 N–H and O–H groups in total. The van der Waals surface area contributed by atoms with Crippen LogP contribution in [0.4, 0.5) is 16.2 Å². The molecule has 0 spiro atoms. The molecule has 5 heteroatoms. The number of aromatic nitrogens is 2. The summed E-state index contributed by atoms with van der Waals surface area (Å²) in [4.78, 5) is 7.51. The van der Waals surface area contributed by atoms with Crippen LogP contribution in [0.5, 0.6) is 0 Å². The number of anilines is 2. The minimum atomic E-state index is -0.494. The monoisotopic (exact) mass is 274 g/mol. The van der Waals surface area contributed by atoms with Gasteiger partial charge in [-0.2, -0.15) is 4.98 Å². The quantitative estimate of drug-likeness (QED) is 0.879. The fourth-order valence-electron chi connectivity index (χ4n) is 1.95. The number of nitrogens with zero attached hydrogens (tertiary/aromatic N) is 2. The van der Waals surface area contributed by atoms with Crippen LogP contribution in [-0.4, -0.2) is 15.5 Å². The van der Waals surface area contributed by atoms with Gasteiger partial charge in [0.15, 0.2) is 11.6 Å². The van der Waals surface area contributed by atoms with Gasteiger partial charge in [-0.15, -0.1) is 0 Å². The Morgan fingerprint density at radius 3 is 2.65 bits per heavy atom. The smallest absolute Gasteiger partial charge is 0.222 e. The lowest BCUT2D eigenvalue weighted by molar-refractivity contribution is 0.508. The molecule has 0 atom stereocenters. The van der Waals surface area contributed by atoms with Gasteiger partial charge < -0.3 is 11.1 Å². The van der Waals surface area contributed by atoms with E-state index >= 15 is 0 Å². The largest absolute Gasteiger partial charge is 0.368 e. The molecule has 0 fully saturated rings. The number of rotatable bonds is 5. The lowest BCUT2D eigenvalue weighted by Crippen LogP contribution is -2.32. The fourth-order valence-corrected chi connectivity index (χ4v) is 1.95. The van der Waals surface area contributed by atoms with Crippen molar-refractivity contribution in [1.29, 1.82) is 0 Å². The van der Waals surface area contributed by atoms with Gasteiger partial charge in [-0.3, -0.25) is 0 Å². The zero-order valence-corrected chi connectivity index (χ0v) is 11.7. The summed E-state index contributed by atoms with van der Waals surface area (Å²) < 4.78 is 13.6. The lowest BCUT2D eigenvalue weighted by atomic mass is 9.95. The third kappa shape index (κ3) is 3.91. The first-order valence-corrected chi connectivity index (χ1v) is 6.56. The zero-order chi connectivity index (χ0) is 14.6. The molecule has 106 valence electrons. The summed E-state index contributed by atoms with van der Waals surface area (Å²) in [6, 6.07) is 10.2. The van der Waals surface area contributed by atoms with E-state index in [1.807, 2.05) is 32.0 Å². The van der Waals surface area contributed by atoms with Crippen LogP contribution in [0.1, 0.15) is 25.8 Å². The van der Waals surface area contributed by atoms with E-state index in [0.29, 0.717) is 0 Å². The van der Waals surface area contributed by atoms with Crippen molar-refractivity contribution < 1.29 is 4.39 Å². The van der Waals surface area contributed by atoms with Gasteiger partial charge in [0, 0.05) is 5.54 Å². The highest BCUT2D eigenvalue weighted by Gasteiger charge is 2.20. The van der Waals surface area contributed by atoms with Crippen LogP contribution < -0.4 is 11.1 Å². The van der Waals surface area contributed by atoms with E-state index in [2.05, 4.69) is 27.4 Å². The van der Waals surface area contributed by atoms with E-state index in [4.69, 9.17) is 5.73 Å². The van der Waals surface area contributed by atoms with Crippen molar-refractivity contribution in [2.45, 2.75) is 32.2 Å². The Kier molecular flexibility index (Phi) is 4.17. The molecule has 0 saturated heterocycles. The molecule has 0 aliphatic heterocycles. The molecule has 0 aliphatic rings. The Balaban J connectivity index is 2.01. The number of nitrogens with two attached hydrogens (primary N) is 1. The van der Waals surface area contributed by atoms with Crippen LogP contribution in [0.2, 0.25) is 0 Å². The molecule has 0 radical (unpaired) electrons. The number of nitrogens with one attached hydrogen (secondary N) is 1. The second-order valence-corrected chi connectivity index (χ2v) is 5.42. The Hall–Kier alpha value is -2.17. The summed E-state index contributed by atoms with van der Waals surface area (Å²) in [6.07, 6.45) is 2.83. The number of halogens is 1. The maximum atomic E-state index is 13.6. The minimum Gasteiger partial charge on any atom is -0.368 e. The van der Waals surface area contributed by atoms with E-state index in [9.17, 15) is 4.39 Å². The van der Waals surface area contributed by atoms with Crippen LogP contribution in [-0.2, 0) is 6.42 Å². The van der Waals surface area contributed by atoms with Crippen LogP contribution in [0.25, 0.3) is 0 Å². The molecule has 1 aromatic heterocycles. The number of nitrogen functional groups attached to an aromatic ring is 1. The highest BCUT2D eigenvalue weighted by Crippen LogP contribution is 2.21. The van der Waals surface area contributed by atoms with E-state index in [-0.39, 0.29) is 17.3 Å². The standard InChI is InChI=1S/C15H19FN4/c1-15(2,9-8-11-6-4-3-5-7-11)20-13-12(16)10-18-14(17)19-13/h3-7,10H,8-9H2,1-2H3,(H3,17,18,19,20). The van der Waals surface area contributed by atoms with Crippen LogP contribution in [0, 0.1) is 5.82 Å². The molecule has 0 saturated carbocycles. The summed E-state index contributed by atoms with van der Waals surface area (Å²) in [5.41, 5.74) is 6.44. The topological polar surface area (TPSA) is 63.8 Å². The van der Waals surface area contributed by atoms with Gasteiger partial charge in [-0.1, -0.05) is 30.3 Å². The third-order valence-corrected chi connectivity index (χ3v) is 3.10. The van der Waals surface area contributed by atoms with Crippen molar-refractivity contribution in [3.05, 3.63) is 47.9 Å². The van der Waals surface area contributed by atoms with Crippen molar-refractivity contribution in [2.24, 2.45) is 0 Å². The molecular weight excluding hydrogens is 255 g/mol. The number of hydrogen-bond donors (Lipinski definition) is 2. The highest BCUT2D eigenvalue weighted by atomic mass is 19.1. The second-order valence-electron chi connectivity index (χ2n) is 5.42. The van der Waals surface area contributed by atoms with E-state index in [1.165, 1.54) is 5.56 Å². The molecule has 0 bridgehead atoms. The zero-order valence-electron chi connectivity index (χ0n) is 11.7. The average Bonchev–Trinajstić information content (AvgIpc) is 2.42. The number of hydrogen-bond acceptors (Lipinski definition) is 4. The van der Waals surface area contributed by atoms with Crippen molar-refractivity contribution in [2.75, 3.05) is 11.1 Å². The average molecular weight is 274 g/mol. The van der Waals surface area contributed by atoms with Gasteiger partial charge in [0.2, 0.25) is 5.95 Å². The molecule has 2 aromatic rings. The van der Waals surface area contributed by atoms with Crippen LogP contribution in [0.15, 0.2) is 36.5 Å². The van der Waals surface area contributed by atoms with Gasteiger partial charge in [0.25, 0.3) is 0 Å². The molecule has 0 amide bonds. The predicted molar refractivity (Wildman–Crippen MR) is 78.9 cm³/mol. The Labute approximate surface area is 118 Å². The minimum absolute atomic E-state index is 0.0627. The maximum Gasteiger partial charge on any atom is 0.222 e. The van der Waals surface area contributed by atoms with Gasteiger partial charge in [-0.05, 0) is 32.3 Å². The highest BCUT2D eigenvalue weighted by molar-refractivity contribution is 5.41. The molecular formula is C15H19FN4. The van der Waals surface area contributed by atoms with Gasteiger partial charge >= 0.3 is 0 Å². The van der Waals surface area contributed by atoms with Gasteiger partial charge in [-0.25, -0.2) is 9.37 Å². The Morgan fingerprint density at radius 1 is 1.25 bits per heavy atom. The molecule has 1 aromatic carbocycles. The summed E-state index contributed by atoms with van der Waals surface area (Å²) in [7, 11) is 0. The second kappa shape index (κ2) is 5.86. The molecule has 0 unspecified atom stereocenters. The molecule has 4 nitrogen and oxygen atoms in total. The fraction of sp³-hybridized carbons (Fsp3) is 0.333. The van der Waals surface area contributed by atoms with Crippen LogP contribution >= 0.6 is 0 Å². The molecule has 0 aliphatic carbocycles. The third-order valence-electron chi connectivity index (χ3n) is 3.10. The predicted octanol–water partition coefficient (Wildman–Crippen LogP) is 3.02. The van der Waals surface area contributed by atoms with Crippen molar-refractivity contribution in [3.63, 3.8) is 0 Å². The summed E-state index contributed by atoms with van der Waals surface area (Å²) in [5, 5.41) is 3.09. The van der Waals surface area contributed by atoms with E-state index in [0.717, 1.165) is 19.0 Å². The van der Waals surface area contributed by atoms with Crippen molar-refractivity contribution >= 4 is 11.8 Å². The first-order chi connectivity index (χ1) is 9.46. The van der Waals surface area contributed by atoms with Crippen molar-refractivity contribution in [3.8, 4) is 0 Å². The van der Waals surface area contributed by atoms with E-state index < -0.39 is 5.82 Å². The molecule has 1 heterocycles. The molecule has 2 rings (SSSR count). The lowest BCUT2D eigenvalue weighted by Gasteiger charge is -2.27. The van der Waals surface area contributed by atoms with Crippen LogP contribution in [0.3, 0.4) is 0 Å². The number of benzene rings is 1. The first kappa shape index (κ1) is 14.2. The first-order valence-electron chi connectivity index (χ1n) is 6.56. The molecule has 20 heavy (non-hydrogen) atoms.